The third-order valence-electron chi connectivity index (χ3n) is 3.62. The fourth-order valence-corrected chi connectivity index (χ4v) is 2.52. The second kappa shape index (κ2) is 6.95. The SMILES string of the molecule is CC1CCN(CCCNc2ccncc2Cl)CC1. The number of likely N-dealkylation sites (tertiary alicyclic amines) is 1. The van der Waals surface area contributed by atoms with Crippen LogP contribution in [0.5, 0.6) is 0 Å². The normalized spacial score (nSPS) is 17.9. The van der Waals surface area contributed by atoms with Gasteiger partial charge in [0.2, 0.25) is 0 Å². The first-order valence-electron chi connectivity index (χ1n) is 6.81. The Morgan fingerprint density at radius 3 is 2.94 bits per heavy atom. The predicted octanol–water partition coefficient (Wildman–Crippen LogP) is 3.27. The van der Waals surface area contributed by atoms with Crippen molar-refractivity contribution in [3.8, 4) is 0 Å². The molecule has 3 nitrogen and oxygen atoms in total. The monoisotopic (exact) mass is 267 g/mol. The van der Waals surface area contributed by atoms with E-state index in [-0.39, 0.29) is 0 Å². The van der Waals surface area contributed by atoms with Crippen LogP contribution in [-0.2, 0) is 0 Å². The highest BCUT2D eigenvalue weighted by molar-refractivity contribution is 6.33. The topological polar surface area (TPSA) is 28.2 Å². The largest absolute Gasteiger partial charge is 0.384 e. The molecule has 1 saturated heterocycles. The zero-order valence-corrected chi connectivity index (χ0v) is 11.8. The quantitative estimate of drug-likeness (QED) is 0.830. The van der Waals surface area contributed by atoms with Crippen molar-refractivity contribution in [3.63, 3.8) is 0 Å². The van der Waals surface area contributed by atoms with Crippen LogP contribution in [0.2, 0.25) is 5.02 Å². The van der Waals surface area contributed by atoms with E-state index in [4.69, 9.17) is 11.6 Å². The van der Waals surface area contributed by atoms with Crippen LogP contribution in [0.3, 0.4) is 0 Å². The summed E-state index contributed by atoms with van der Waals surface area (Å²) in [6.07, 6.45) is 7.30. The first kappa shape index (κ1) is 13.6. The minimum absolute atomic E-state index is 0.698. The summed E-state index contributed by atoms with van der Waals surface area (Å²) in [6, 6.07) is 1.92. The molecule has 1 aliphatic heterocycles. The van der Waals surface area contributed by atoms with E-state index in [1.54, 1.807) is 12.4 Å². The highest BCUT2D eigenvalue weighted by Crippen LogP contribution is 2.19. The van der Waals surface area contributed by atoms with Crippen molar-refractivity contribution in [2.75, 3.05) is 31.5 Å². The van der Waals surface area contributed by atoms with Crippen LogP contribution >= 0.6 is 11.6 Å². The smallest absolute Gasteiger partial charge is 0.0820 e. The molecule has 0 radical (unpaired) electrons. The molecule has 2 rings (SSSR count). The fraction of sp³-hybridized carbons (Fsp3) is 0.643. The van der Waals surface area contributed by atoms with Gasteiger partial charge in [-0.2, -0.15) is 0 Å². The van der Waals surface area contributed by atoms with Gasteiger partial charge in [0.1, 0.15) is 0 Å². The van der Waals surface area contributed by atoms with E-state index in [0.29, 0.717) is 5.02 Å². The number of hydrogen-bond donors (Lipinski definition) is 1. The van der Waals surface area contributed by atoms with Crippen molar-refractivity contribution in [2.45, 2.75) is 26.2 Å². The number of rotatable bonds is 5. The van der Waals surface area contributed by atoms with Gasteiger partial charge in [0.15, 0.2) is 0 Å². The van der Waals surface area contributed by atoms with Gasteiger partial charge in [0, 0.05) is 18.9 Å². The Kier molecular flexibility index (Phi) is 5.26. The molecule has 1 aromatic rings. The van der Waals surface area contributed by atoms with Crippen molar-refractivity contribution in [2.24, 2.45) is 5.92 Å². The zero-order valence-electron chi connectivity index (χ0n) is 11.0. The molecular weight excluding hydrogens is 246 g/mol. The summed E-state index contributed by atoms with van der Waals surface area (Å²) in [4.78, 5) is 6.54. The number of anilines is 1. The van der Waals surface area contributed by atoms with Crippen LogP contribution in [0.4, 0.5) is 5.69 Å². The molecule has 100 valence electrons. The maximum atomic E-state index is 6.03. The van der Waals surface area contributed by atoms with E-state index in [2.05, 4.69) is 22.1 Å². The highest BCUT2D eigenvalue weighted by atomic mass is 35.5. The van der Waals surface area contributed by atoms with Crippen molar-refractivity contribution < 1.29 is 0 Å². The Hall–Kier alpha value is -0.800. The van der Waals surface area contributed by atoms with Crippen LogP contribution < -0.4 is 5.32 Å². The second-order valence-corrected chi connectivity index (χ2v) is 5.57. The van der Waals surface area contributed by atoms with Gasteiger partial charge in [-0.15, -0.1) is 0 Å². The number of nitrogens with zero attached hydrogens (tertiary/aromatic N) is 2. The standard InChI is InChI=1S/C14H22ClN3/c1-12-4-9-18(10-5-12)8-2-6-17-14-3-7-16-11-13(14)15/h3,7,11-12H,2,4-6,8-10H2,1H3,(H,16,17). The van der Waals surface area contributed by atoms with Gasteiger partial charge in [0.25, 0.3) is 0 Å². The molecular formula is C14H22ClN3. The molecule has 0 saturated carbocycles. The van der Waals surface area contributed by atoms with E-state index < -0.39 is 0 Å². The van der Waals surface area contributed by atoms with Gasteiger partial charge in [-0.05, 0) is 50.9 Å². The molecule has 1 fully saturated rings. The lowest BCUT2D eigenvalue weighted by Gasteiger charge is -2.30. The van der Waals surface area contributed by atoms with Crippen molar-refractivity contribution in [3.05, 3.63) is 23.5 Å². The molecule has 0 spiro atoms. The average Bonchev–Trinajstić information content (AvgIpc) is 2.39. The van der Waals surface area contributed by atoms with Crippen LogP contribution in [-0.4, -0.2) is 36.1 Å². The van der Waals surface area contributed by atoms with Crippen LogP contribution in [0.15, 0.2) is 18.5 Å². The molecule has 1 N–H and O–H groups in total. The number of hydrogen-bond acceptors (Lipinski definition) is 3. The van der Waals surface area contributed by atoms with Gasteiger partial charge >= 0.3 is 0 Å². The number of nitrogens with one attached hydrogen (secondary N) is 1. The summed E-state index contributed by atoms with van der Waals surface area (Å²) in [5.41, 5.74) is 0.985. The van der Waals surface area contributed by atoms with Crippen LogP contribution in [0, 0.1) is 5.92 Å². The molecule has 0 amide bonds. The molecule has 0 atom stereocenters. The summed E-state index contributed by atoms with van der Waals surface area (Å²) in [5, 5.41) is 4.06. The lowest BCUT2D eigenvalue weighted by atomic mass is 9.99. The fourth-order valence-electron chi connectivity index (χ4n) is 2.33. The maximum Gasteiger partial charge on any atom is 0.0820 e. The lowest BCUT2D eigenvalue weighted by molar-refractivity contribution is 0.192. The number of piperidine rings is 1. The third kappa shape index (κ3) is 4.14. The molecule has 4 heteroatoms. The Morgan fingerprint density at radius 1 is 1.44 bits per heavy atom. The first-order valence-corrected chi connectivity index (χ1v) is 7.19. The first-order chi connectivity index (χ1) is 8.75. The zero-order chi connectivity index (χ0) is 12.8. The lowest BCUT2D eigenvalue weighted by Crippen LogP contribution is -2.34. The Bertz CT molecular complexity index is 362. The Labute approximate surface area is 115 Å². The average molecular weight is 268 g/mol. The van der Waals surface area contributed by atoms with Crippen LogP contribution in [0.1, 0.15) is 26.2 Å². The minimum atomic E-state index is 0.698. The van der Waals surface area contributed by atoms with Gasteiger partial charge in [0.05, 0.1) is 10.7 Å². The summed E-state index contributed by atoms with van der Waals surface area (Å²) in [6.45, 7) is 7.02. The molecule has 1 aliphatic rings. The van der Waals surface area contributed by atoms with Gasteiger partial charge in [-0.3, -0.25) is 4.98 Å². The molecule has 0 unspecified atom stereocenters. The van der Waals surface area contributed by atoms with Gasteiger partial charge in [-0.25, -0.2) is 0 Å². The Morgan fingerprint density at radius 2 is 2.22 bits per heavy atom. The molecule has 0 aromatic carbocycles. The third-order valence-corrected chi connectivity index (χ3v) is 3.92. The van der Waals surface area contributed by atoms with Gasteiger partial charge in [-0.1, -0.05) is 18.5 Å². The van der Waals surface area contributed by atoms with E-state index >= 15 is 0 Å². The molecule has 1 aromatic heterocycles. The predicted molar refractivity (Wildman–Crippen MR) is 77.2 cm³/mol. The van der Waals surface area contributed by atoms with Crippen molar-refractivity contribution >= 4 is 17.3 Å². The van der Waals surface area contributed by atoms with Gasteiger partial charge < -0.3 is 10.2 Å². The number of aromatic nitrogens is 1. The minimum Gasteiger partial charge on any atom is -0.384 e. The maximum absolute atomic E-state index is 6.03. The number of halogens is 1. The van der Waals surface area contributed by atoms with E-state index in [1.807, 2.05) is 6.07 Å². The van der Waals surface area contributed by atoms with Crippen LogP contribution in [0.25, 0.3) is 0 Å². The highest BCUT2D eigenvalue weighted by Gasteiger charge is 2.14. The number of pyridine rings is 1. The molecule has 0 bridgehead atoms. The van der Waals surface area contributed by atoms with Crippen molar-refractivity contribution in [1.82, 2.24) is 9.88 Å². The Balaban J connectivity index is 1.63. The summed E-state index contributed by atoms with van der Waals surface area (Å²) >= 11 is 6.03. The van der Waals surface area contributed by atoms with E-state index in [1.165, 1.54) is 32.5 Å². The summed E-state index contributed by atoms with van der Waals surface area (Å²) < 4.78 is 0. The summed E-state index contributed by atoms with van der Waals surface area (Å²) in [5.74, 6) is 0.912. The van der Waals surface area contributed by atoms with E-state index in [0.717, 1.165) is 24.6 Å². The van der Waals surface area contributed by atoms with Crippen molar-refractivity contribution in [1.29, 1.82) is 0 Å². The molecule has 2 heterocycles. The molecule has 0 aliphatic carbocycles. The van der Waals surface area contributed by atoms with E-state index in [9.17, 15) is 0 Å². The molecule has 18 heavy (non-hydrogen) atoms. The summed E-state index contributed by atoms with van der Waals surface area (Å²) in [7, 11) is 0. The second-order valence-electron chi connectivity index (χ2n) is 5.16.